The van der Waals surface area contributed by atoms with Crippen LogP contribution in [0.3, 0.4) is 0 Å². The predicted octanol–water partition coefficient (Wildman–Crippen LogP) is -0.857. The van der Waals surface area contributed by atoms with E-state index in [1.165, 1.54) is 0 Å². The lowest BCUT2D eigenvalue weighted by Gasteiger charge is -2.14. The van der Waals surface area contributed by atoms with Crippen LogP contribution in [0.4, 0.5) is 4.79 Å². The summed E-state index contributed by atoms with van der Waals surface area (Å²) in [5.74, 6) is -0.314. The van der Waals surface area contributed by atoms with E-state index >= 15 is 0 Å². The fraction of sp³-hybridized carbons (Fsp3) is 0.909. The summed E-state index contributed by atoms with van der Waals surface area (Å²) < 4.78 is 37.6. The molecule has 0 aromatic rings. The molecule has 124 valence electrons. The fourth-order valence-corrected chi connectivity index (χ4v) is 4.26. The second-order valence-electron chi connectivity index (χ2n) is 4.43. The summed E-state index contributed by atoms with van der Waals surface area (Å²) in [6.07, 6.45) is -0.720. The van der Waals surface area contributed by atoms with Gasteiger partial charge in [0.1, 0.15) is 6.61 Å². The number of aliphatic hydroxyl groups excluding tert-OH is 1. The third-order valence-electron chi connectivity index (χ3n) is 2.65. The molecule has 2 N–H and O–H groups in total. The van der Waals surface area contributed by atoms with E-state index in [0.717, 1.165) is 0 Å². The molecule has 2 atom stereocenters. The van der Waals surface area contributed by atoms with Crippen LogP contribution in [0.15, 0.2) is 0 Å². The zero-order chi connectivity index (χ0) is 15.7. The SMILES string of the molecule is O=C(N[C@@H]1CS(=O)(=O)C[C@@H]1Cl)OCCOCCOCCO. The summed E-state index contributed by atoms with van der Waals surface area (Å²) >= 11 is 5.85. The Kier molecular flexibility index (Phi) is 8.27. The number of hydrogen-bond donors (Lipinski definition) is 2. The lowest BCUT2D eigenvalue weighted by molar-refractivity contribution is 0.0184. The minimum absolute atomic E-state index is 0.0399. The first-order valence-corrected chi connectivity index (χ1v) is 8.74. The number of alkyl carbamates (subject to hydrolysis) is 1. The summed E-state index contributed by atoms with van der Waals surface area (Å²) in [6.45, 7) is 1.13. The number of halogens is 1. The number of carbonyl (C=O) groups excluding carboxylic acids is 1. The number of sulfone groups is 1. The van der Waals surface area contributed by atoms with Crippen LogP contribution in [-0.4, -0.2) is 82.2 Å². The molecule has 0 saturated carbocycles. The van der Waals surface area contributed by atoms with Gasteiger partial charge in [0.25, 0.3) is 0 Å². The predicted molar refractivity (Wildman–Crippen MR) is 75.3 cm³/mol. The molecule has 1 aliphatic heterocycles. The second kappa shape index (κ2) is 9.42. The van der Waals surface area contributed by atoms with Crippen molar-refractivity contribution >= 4 is 27.5 Å². The highest BCUT2D eigenvalue weighted by molar-refractivity contribution is 7.91. The molecule has 1 amide bonds. The lowest BCUT2D eigenvalue weighted by atomic mass is 10.3. The molecular weight excluding hydrogens is 326 g/mol. The maximum Gasteiger partial charge on any atom is 0.407 e. The zero-order valence-corrected chi connectivity index (χ0v) is 13.1. The Morgan fingerprint density at radius 2 is 1.76 bits per heavy atom. The fourth-order valence-electron chi connectivity index (χ4n) is 1.71. The van der Waals surface area contributed by atoms with E-state index in [1.54, 1.807) is 0 Å². The van der Waals surface area contributed by atoms with Crippen molar-refractivity contribution in [3.8, 4) is 0 Å². The van der Waals surface area contributed by atoms with Gasteiger partial charge in [0.05, 0.1) is 56.0 Å². The van der Waals surface area contributed by atoms with Crippen molar-refractivity contribution in [1.82, 2.24) is 5.32 Å². The summed E-state index contributed by atoms with van der Waals surface area (Å²) in [5.41, 5.74) is 0. The topological polar surface area (TPSA) is 111 Å². The van der Waals surface area contributed by atoms with Crippen LogP contribution in [0.25, 0.3) is 0 Å². The number of ether oxygens (including phenoxy) is 3. The highest BCUT2D eigenvalue weighted by atomic mass is 35.5. The number of aliphatic hydroxyl groups is 1. The van der Waals surface area contributed by atoms with Crippen molar-refractivity contribution in [2.24, 2.45) is 0 Å². The molecule has 10 heteroatoms. The van der Waals surface area contributed by atoms with E-state index in [2.05, 4.69) is 5.32 Å². The van der Waals surface area contributed by atoms with Gasteiger partial charge in [-0.2, -0.15) is 0 Å². The third-order valence-corrected chi connectivity index (χ3v) is 5.03. The molecule has 0 unspecified atom stereocenters. The Balaban J connectivity index is 2.04. The molecule has 8 nitrogen and oxygen atoms in total. The molecule has 1 saturated heterocycles. The van der Waals surface area contributed by atoms with Gasteiger partial charge in [-0.1, -0.05) is 0 Å². The van der Waals surface area contributed by atoms with Gasteiger partial charge in [-0.15, -0.1) is 11.6 Å². The number of carbonyl (C=O) groups is 1. The van der Waals surface area contributed by atoms with Gasteiger partial charge < -0.3 is 24.6 Å². The van der Waals surface area contributed by atoms with Gasteiger partial charge >= 0.3 is 6.09 Å². The van der Waals surface area contributed by atoms with Gasteiger partial charge in [-0.05, 0) is 0 Å². The van der Waals surface area contributed by atoms with Crippen molar-refractivity contribution in [2.75, 3.05) is 51.1 Å². The van der Waals surface area contributed by atoms with Crippen LogP contribution in [0, 0.1) is 0 Å². The molecule has 0 bridgehead atoms. The summed E-state index contributed by atoms with van der Waals surface area (Å²) in [6, 6.07) is -0.628. The van der Waals surface area contributed by atoms with Crippen molar-refractivity contribution in [3.05, 3.63) is 0 Å². The Labute approximate surface area is 128 Å². The number of nitrogens with one attached hydrogen (secondary N) is 1. The van der Waals surface area contributed by atoms with Gasteiger partial charge in [0.2, 0.25) is 0 Å². The lowest BCUT2D eigenvalue weighted by Crippen LogP contribution is -2.41. The molecule has 1 rings (SSSR count). The van der Waals surface area contributed by atoms with Crippen LogP contribution >= 0.6 is 11.6 Å². The second-order valence-corrected chi connectivity index (χ2v) is 7.14. The maximum absolute atomic E-state index is 11.4. The first-order valence-electron chi connectivity index (χ1n) is 6.49. The van der Waals surface area contributed by atoms with Gasteiger partial charge in [0, 0.05) is 0 Å². The molecule has 1 heterocycles. The minimum atomic E-state index is -3.19. The smallest absolute Gasteiger partial charge is 0.407 e. The Bertz CT molecular complexity index is 417. The highest BCUT2D eigenvalue weighted by Crippen LogP contribution is 2.17. The number of hydrogen-bond acceptors (Lipinski definition) is 7. The average Bonchev–Trinajstić information content (AvgIpc) is 2.65. The van der Waals surface area contributed by atoms with E-state index in [4.69, 9.17) is 30.9 Å². The van der Waals surface area contributed by atoms with Crippen LogP contribution in [0.1, 0.15) is 0 Å². The molecule has 0 spiro atoms. The number of amides is 1. The summed E-state index contributed by atoms with van der Waals surface area (Å²) in [7, 11) is -3.19. The maximum atomic E-state index is 11.4. The van der Waals surface area contributed by atoms with Crippen molar-refractivity contribution in [2.45, 2.75) is 11.4 Å². The summed E-state index contributed by atoms with van der Waals surface area (Å²) in [5, 5.41) is 10.2. The Morgan fingerprint density at radius 3 is 2.33 bits per heavy atom. The average molecular weight is 346 g/mol. The van der Waals surface area contributed by atoms with Gasteiger partial charge in [-0.25, -0.2) is 13.2 Å². The third kappa shape index (κ3) is 7.82. The van der Waals surface area contributed by atoms with Gasteiger partial charge in [-0.3, -0.25) is 0 Å². The van der Waals surface area contributed by atoms with E-state index in [-0.39, 0.29) is 37.9 Å². The van der Waals surface area contributed by atoms with E-state index in [1.807, 2.05) is 0 Å². The van der Waals surface area contributed by atoms with Crippen LogP contribution in [0.5, 0.6) is 0 Å². The van der Waals surface area contributed by atoms with Crippen LogP contribution in [-0.2, 0) is 24.0 Å². The van der Waals surface area contributed by atoms with Crippen molar-refractivity contribution in [3.63, 3.8) is 0 Å². The largest absolute Gasteiger partial charge is 0.447 e. The van der Waals surface area contributed by atoms with E-state index in [0.29, 0.717) is 13.2 Å². The number of rotatable bonds is 9. The molecule has 1 fully saturated rings. The highest BCUT2D eigenvalue weighted by Gasteiger charge is 2.37. The van der Waals surface area contributed by atoms with Gasteiger partial charge in [0.15, 0.2) is 9.84 Å². The molecular formula is C11H20ClNO7S. The first-order chi connectivity index (χ1) is 9.94. The van der Waals surface area contributed by atoms with Crippen LogP contribution in [0.2, 0.25) is 0 Å². The molecule has 0 aliphatic carbocycles. The standard InChI is InChI=1S/C11H20ClNO7S/c12-9-7-21(16,17)8-10(9)13-11(15)20-6-5-19-4-3-18-2-1-14/h9-10,14H,1-8H2,(H,13,15)/t9-,10+/m0/s1. The molecule has 21 heavy (non-hydrogen) atoms. The zero-order valence-electron chi connectivity index (χ0n) is 11.5. The van der Waals surface area contributed by atoms with Crippen molar-refractivity contribution in [1.29, 1.82) is 0 Å². The normalized spacial score (nSPS) is 23.9. The van der Waals surface area contributed by atoms with E-state index in [9.17, 15) is 13.2 Å². The summed E-state index contributed by atoms with van der Waals surface area (Å²) in [4.78, 5) is 11.4. The molecule has 0 radical (unpaired) electrons. The monoisotopic (exact) mass is 345 g/mol. The Morgan fingerprint density at radius 1 is 1.14 bits per heavy atom. The Hall–Kier alpha value is -0.610. The number of alkyl halides is 1. The molecule has 0 aromatic heterocycles. The van der Waals surface area contributed by atoms with E-state index < -0.39 is 27.3 Å². The minimum Gasteiger partial charge on any atom is -0.447 e. The van der Waals surface area contributed by atoms with Crippen LogP contribution < -0.4 is 5.32 Å². The molecule has 1 aliphatic rings. The first kappa shape index (κ1) is 18.4. The molecule has 0 aromatic carbocycles. The quantitative estimate of drug-likeness (QED) is 0.413. The van der Waals surface area contributed by atoms with Crippen molar-refractivity contribution < 1.29 is 32.5 Å².